The highest BCUT2D eigenvalue weighted by Crippen LogP contribution is 2.34. The monoisotopic (exact) mass is 431 g/mol. The van der Waals surface area contributed by atoms with Crippen LogP contribution < -0.4 is 21.5 Å². The average Bonchev–Trinajstić information content (AvgIpc) is 3.16. The third kappa shape index (κ3) is 4.91. The fraction of sp³-hybridized carbons (Fsp3) is 0.333. The Morgan fingerprint density at radius 1 is 1.37 bits per heavy atom. The van der Waals surface area contributed by atoms with Crippen molar-refractivity contribution in [2.75, 3.05) is 19.0 Å². The van der Waals surface area contributed by atoms with E-state index < -0.39 is 6.04 Å². The van der Waals surface area contributed by atoms with Crippen molar-refractivity contribution in [1.29, 1.82) is 0 Å². The van der Waals surface area contributed by atoms with Crippen molar-refractivity contribution in [3.63, 3.8) is 0 Å². The van der Waals surface area contributed by atoms with Gasteiger partial charge in [-0.25, -0.2) is 4.98 Å². The first-order valence-electron chi connectivity index (χ1n) is 9.69. The predicted molar refractivity (Wildman–Crippen MR) is 118 cm³/mol. The zero-order chi connectivity index (χ0) is 21.7. The zero-order valence-corrected chi connectivity index (χ0v) is 17.5. The van der Waals surface area contributed by atoms with Crippen molar-refractivity contribution in [3.05, 3.63) is 47.2 Å². The van der Waals surface area contributed by atoms with Gasteiger partial charge in [0.2, 0.25) is 5.91 Å². The summed E-state index contributed by atoms with van der Waals surface area (Å²) >= 11 is 6.26. The maximum atomic E-state index is 12.3. The molecule has 3 aromatic rings. The van der Waals surface area contributed by atoms with Crippen LogP contribution in [0.15, 0.2) is 36.7 Å². The lowest BCUT2D eigenvalue weighted by Crippen LogP contribution is -2.35. The molecule has 30 heavy (non-hydrogen) atoms. The summed E-state index contributed by atoms with van der Waals surface area (Å²) in [6.07, 6.45) is 5.86. The van der Waals surface area contributed by atoms with E-state index in [1.807, 2.05) is 10.6 Å². The zero-order valence-electron chi connectivity index (χ0n) is 16.8. The molecule has 0 spiro atoms. The second-order valence-electron chi connectivity index (χ2n) is 6.99. The van der Waals surface area contributed by atoms with Crippen LogP contribution in [0, 0.1) is 0 Å². The minimum absolute atomic E-state index is 0.180. The van der Waals surface area contributed by atoms with Crippen LogP contribution >= 0.6 is 11.6 Å². The number of methoxy groups -OCH3 is 1. The molecule has 0 unspecified atom stereocenters. The van der Waals surface area contributed by atoms with E-state index >= 15 is 0 Å². The SMILES string of the molecule is COc1cc(CO)c(-c2cn3ccc(NC(=O)[C@H](N)CCCCN)cc3n2)cc1Cl. The van der Waals surface area contributed by atoms with Crippen LogP contribution in [0.25, 0.3) is 16.9 Å². The highest BCUT2D eigenvalue weighted by Gasteiger charge is 2.16. The van der Waals surface area contributed by atoms with E-state index in [9.17, 15) is 9.90 Å². The number of nitrogens with zero attached hydrogens (tertiary/aromatic N) is 2. The second kappa shape index (κ2) is 9.90. The van der Waals surface area contributed by atoms with Gasteiger partial charge in [-0.15, -0.1) is 0 Å². The fourth-order valence-electron chi connectivity index (χ4n) is 3.19. The molecular weight excluding hydrogens is 406 g/mol. The molecule has 0 aliphatic carbocycles. The molecule has 0 fully saturated rings. The molecule has 8 nitrogen and oxygen atoms in total. The number of unbranched alkanes of at least 4 members (excludes halogenated alkanes) is 1. The van der Waals surface area contributed by atoms with Gasteiger partial charge in [-0.2, -0.15) is 0 Å². The van der Waals surface area contributed by atoms with Gasteiger partial charge >= 0.3 is 0 Å². The molecule has 6 N–H and O–H groups in total. The number of amides is 1. The van der Waals surface area contributed by atoms with Crippen molar-refractivity contribution in [2.45, 2.75) is 31.9 Å². The number of benzene rings is 1. The van der Waals surface area contributed by atoms with Crippen LogP contribution in [0.1, 0.15) is 24.8 Å². The molecule has 1 amide bonds. The number of anilines is 1. The van der Waals surface area contributed by atoms with Crippen LogP contribution in [-0.4, -0.2) is 40.1 Å². The summed E-state index contributed by atoms with van der Waals surface area (Å²) in [6, 6.07) is 6.36. The molecular formula is C21H26ClN5O3. The molecule has 160 valence electrons. The molecule has 0 aliphatic heterocycles. The van der Waals surface area contributed by atoms with Crippen molar-refractivity contribution in [3.8, 4) is 17.0 Å². The lowest BCUT2D eigenvalue weighted by Gasteiger charge is -2.12. The molecule has 0 saturated heterocycles. The van der Waals surface area contributed by atoms with E-state index in [2.05, 4.69) is 10.3 Å². The van der Waals surface area contributed by atoms with E-state index in [-0.39, 0.29) is 12.5 Å². The standard InChI is InChI=1S/C21H26ClN5O3/c1-30-19-8-13(12-28)15(10-16(19)22)18-11-27-7-5-14(9-20(27)26-18)25-21(29)17(24)4-2-3-6-23/h5,7-11,17,28H,2-4,6,12,23-24H2,1H3,(H,25,29)/t17-/m1/s1. The van der Waals surface area contributed by atoms with Crippen LogP contribution in [0.4, 0.5) is 5.69 Å². The normalized spacial score (nSPS) is 12.2. The van der Waals surface area contributed by atoms with E-state index in [1.54, 1.807) is 30.5 Å². The number of halogens is 1. The number of imidazole rings is 1. The molecule has 1 aromatic carbocycles. The fourth-order valence-corrected chi connectivity index (χ4v) is 3.43. The minimum atomic E-state index is -0.586. The second-order valence-corrected chi connectivity index (χ2v) is 7.40. The summed E-state index contributed by atoms with van der Waals surface area (Å²) in [6.45, 7) is 0.407. The summed E-state index contributed by atoms with van der Waals surface area (Å²) in [5, 5.41) is 13.0. The molecule has 0 saturated carbocycles. The summed E-state index contributed by atoms with van der Waals surface area (Å²) in [7, 11) is 1.52. The van der Waals surface area contributed by atoms with Gasteiger partial charge in [0, 0.05) is 29.7 Å². The summed E-state index contributed by atoms with van der Waals surface area (Å²) in [4.78, 5) is 16.9. The number of aliphatic hydroxyl groups is 1. The lowest BCUT2D eigenvalue weighted by molar-refractivity contribution is -0.117. The molecule has 0 aliphatic rings. The quantitative estimate of drug-likeness (QED) is 0.385. The summed E-state index contributed by atoms with van der Waals surface area (Å²) in [5.41, 5.74) is 14.7. The molecule has 9 heteroatoms. The Labute approximate surface area is 179 Å². The van der Waals surface area contributed by atoms with Crippen molar-refractivity contribution in [1.82, 2.24) is 9.38 Å². The van der Waals surface area contributed by atoms with Gasteiger partial charge < -0.3 is 31.0 Å². The number of carbonyl (C=O) groups is 1. The smallest absolute Gasteiger partial charge is 0.241 e. The molecule has 3 rings (SSSR count). The third-order valence-corrected chi connectivity index (χ3v) is 5.15. The highest BCUT2D eigenvalue weighted by atomic mass is 35.5. The Morgan fingerprint density at radius 2 is 2.17 bits per heavy atom. The van der Waals surface area contributed by atoms with E-state index in [1.165, 1.54) is 7.11 Å². The Hall–Kier alpha value is -2.65. The first-order chi connectivity index (χ1) is 14.5. The Kier molecular flexibility index (Phi) is 7.28. The van der Waals surface area contributed by atoms with Crippen LogP contribution in [-0.2, 0) is 11.4 Å². The number of fused-ring (bicyclic) bond motifs is 1. The molecule has 2 aromatic heterocycles. The van der Waals surface area contributed by atoms with Crippen molar-refractivity contribution >= 4 is 28.8 Å². The van der Waals surface area contributed by atoms with E-state index in [0.29, 0.717) is 51.9 Å². The topological polar surface area (TPSA) is 128 Å². The number of aromatic nitrogens is 2. The predicted octanol–water partition coefficient (Wildman–Crippen LogP) is 2.55. The highest BCUT2D eigenvalue weighted by molar-refractivity contribution is 6.32. The van der Waals surface area contributed by atoms with Crippen molar-refractivity contribution < 1.29 is 14.6 Å². The van der Waals surface area contributed by atoms with Crippen LogP contribution in [0.3, 0.4) is 0 Å². The molecule has 0 radical (unpaired) electrons. The van der Waals surface area contributed by atoms with Crippen LogP contribution in [0.5, 0.6) is 5.75 Å². The van der Waals surface area contributed by atoms with Crippen LogP contribution in [0.2, 0.25) is 5.02 Å². The van der Waals surface area contributed by atoms with Gasteiger partial charge in [0.1, 0.15) is 11.4 Å². The number of aliphatic hydroxyl groups excluding tert-OH is 1. The number of nitrogens with one attached hydrogen (secondary N) is 1. The number of nitrogens with two attached hydrogens (primary N) is 2. The Morgan fingerprint density at radius 3 is 2.87 bits per heavy atom. The van der Waals surface area contributed by atoms with Gasteiger partial charge in [-0.1, -0.05) is 18.0 Å². The first kappa shape index (κ1) is 22.0. The molecule has 0 bridgehead atoms. The Balaban J connectivity index is 1.83. The van der Waals surface area contributed by atoms with Gasteiger partial charge in [0.05, 0.1) is 30.5 Å². The van der Waals surface area contributed by atoms with Gasteiger partial charge in [-0.3, -0.25) is 4.79 Å². The number of carbonyl (C=O) groups excluding carboxylic acids is 1. The Bertz CT molecular complexity index is 1040. The number of pyridine rings is 1. The minimum Gasteiger partial charge on any atom is -0.495 e. The van der Waals surface area contributed by atoms with Gasteiger partial charge in [0.15, 0.2) is 0 Å². The maximum absolute atomic E-state index is 12.3. The van der Waals surface area contributed by atoms with Gasteiger partial charge in [-0.05, 0) is 43.1 Å². The maximum Gasteiger partial charge on any atom is 0.241 e. The molecule has 1 atom stereocenters. The van der Waals surface area contributed by atoms with E-state index in [0.717, 1.165) is 12.8 Å². The number of ether oxygens (including phenoxy) is 1. The van der Waals surface area contributed by atoms with E-state index in [4.69, 9.17) is 27.8 Å². The first-order valence-corrected chi connectivity index (χ1v) is 10.1. The van der Waals surface area contributed by atoms with Gasteiger partial charge in [0.25, 0.3) is 0 Å². The van der Waals surface area contributed by atoms with Crippen molar-refractivity contribution in [2.24, 2.45) is 11.5 Å². The lowest BCUT2D eigenvalue weighted by atomic mass is 10.1. The number of hydrogen-bond donors (Lipinski definition) is 4. The summed E-state index contributed by atoms with van der Waals surface area (Å²) < 4.78 is 7.04. The number of rotatable bonds is 9. The number of hydrogen-bond acceptors (Lipinski definition) is 6. The average molecular weight is 432 g/mol. The molecule has 2 heterocycles. The third-order valence-electron chi connectivity index (χ3n) is 4.86. The summed E-state index contributed by atoms with van der Waals surface area (Å²) in [5.74, 6) is 0.244. The largest absolute Gasteiger partial charge is 0.495 e.